The maximum Gasteiger partial charge on any atom is 0.373 e. The Bertz CT molecular complexity index is 1210. The number of carboxylic acid groups (broad SMARTS) is 1. The van der Waals surface area contributed by atoms with Crippen molar-refractivity contribution in [2.24, 2.45) is 29.6 Å². The van der Waals surface area contributed by atoms with Gasteiger partial charge < -0.3 is 20.1 Å². The van der Waals surface area contributed by atoms with Crippen LogP contribution >= 0.6 is 11.8 Å². The SMILES string of the molecule is CC1=CC2CC=C/C=C\CC(O)CC=CCC(C)C3C(CSC3C(=O)C(=O)O)C(=O)C3=C(O)C2(CC1C)OC3=O. The number of ketones is 2. The lowest BCUT2D eigenvalue weighted by Crippen LogP contribution is -2.44. The molecule has 40 heavy (non-hydrogen) atoms. The quantitative estimate of drug-likeness (QED) is 0.189. The van der Waals surface area contributed by atoms with Crippen molar-refractivity contribution >= 4 is 35.3 Å². The molecule has 0 aromatic carbocycles. The van der Waals surface area contributed by atoms with Gasteiger partial charge in [-0.05, 0) is 50.4 Å². The van der Waals surface area contributed by atoms with Crippen LogP contribution in [0.4, 0.5) is 0 Å². The second-order valence-electron chi connectivity index (χ2n) is 11.5. The van der Waals surface area contributed by atoms with Gasteiger partial charge >= 0.3 is 11.9 Å². The highest BCUT2D eigenvalue weighted by Crippen LogP contribution is 2.51. The van der Waals surface area contributed by atoms with Crippen molar-refractivity contribution in [3.8, 4) is 0 Å². The Kier molecular flexibility index (Phi) is 9.25. The van der Waals surface area contributed by atoms with Gasteiger partial charge in [0.05, 0.1) is 11.4 Å². The molecule has 0 aromatic rings. The van der Waals surface area contributed by atoms with Crippen LogP contribution in [0.2, 0.25) is 0 Å². The smallest absolute Gasteiger partial charge is 0.373 e. The molecule has 0 amide bonds. The summed E-state index contributed by atoms with van der Waals surface area (Å²) in [4.78, 5) is 51.6. The number of hydrogen-bond donors (Lipinski definition) is 3. The molecule has 1 spiro atoms. The summed E-state index contributed by atoms with van der Waals surface area (Å²) in [5.74, 6) is -6.37. The first-order valence-electron chi connectivity index (χ1n) is 13.9. The van der Waals surface area contributed by atoms with Gasteiger partial charge in [0.1, 0.15) is 5.57 Å². The van der Waals surface area contributed by atoms with E-state index in [9.17, 15) is 34.5 Å². The number of carboxylic acids is 1. The predicted molar refractivity (Wildman–Crippen MR) is 151 cm³/mol. The summed E-state index contributed by atoms with van der Waals surface area (Å²) < 4.78 is 5.91. The van der Waals surface area contributed by atoms with Gasteiger partial charge in [-0.1, -0.05) is 62.0 Å². The van der Waals surface area contributed by atoms with Crippen LogP contribution in [0.3, 0.4) is 0 Å². The molecule has 4 aliphatic rings. The molecule has 2 aliphatic heterocycles. The van der Waals surface area contributed by atoms with Crippen LogP contribution in [0.15, 0.2) is 59.4 Å². The molecule has 8 unspecified atom stereocenters. The summed E-state index contributed by atoms with van der Waals surface area (Å²) in [6.45, 7) is 5.83. The molecule has 8 atom stereocenters. The third-order valence-corrected chi connectivity index (χ3v) is 10.2. The molecule has 0 aromatic heterocycles. The van der Waals surface area contributed by atoms with Crippen molar-refractivity contribution in [3.05, 3.63) is 59.4 Å². The highest BCUT2D eigenvalue weighted by atomic mass is 32.2. The molecule has 2 heterocycles. The van der Waals surface area contributed by atoms with Crippen molar-refractivity contribution < 1.29 is 39.2 Å². The fourth-order valence-corrected chi connectivity index (χ4v) is 8.12. The third-order valence-electron chi connectivity index (χ3n) is 8.81. The third kappa shape index (κ3) is 5.77. The maximum atomic E-state index is 14.0. The van der Waals surface area contributed by atoms with Gasteiger partial charge in [0.15, 0.2) is 17.1 Å². The molecule has 0 saturated carbocycles. The summed E-state index contributed by atoms with van der Waals surface area (Å²) in [5, 5.41) is 30.4. The molecule has 2 aliphatic carbocycles. The molecule has 216 valence electrons. The summed E-state index contributed by atoms with van der Waals surface area (Å²) in [6, 6.07) is 0. The van der Waals surface area contributed by atoms with E-state index in [-0.39, 0.29) is 28.9 Å². The van der Waals surface area contributed by atoms with E-state index in [0.717, 1.165) is 17.3 Å². The number of aliphatic hydroxyl groups is 2. The molecular weight excluding hydrogens is 532 g/mol. The fourth-order valence-electron chi connectivity index (χ4n) is 6.40. The number of aliphatic carboxylic acids is 1. The number of aliphatic hydroxyl groups excluding tert-OH is 2. The number of ether oxygens (including phenoxy) is 1. The average Bonchev–Trinajstić information content (AvgIpc) is 3.44. The molecule has 4 rings (SSSR count). The Morgan fingerprint density at radius 2 is 1.68 bits per heavy atom. The minimum Gasteiger partial charge on any atom is -0.507 e. The summed E-state index contributed by atoms with van der Waals surface area (Å²) in [6.07, 6.45) is 14.8. The Morgan fingerprint density at radius 1 is 1.02 bits per heavy atom. The number of hydrogen-bond acceptors (Lipinski definition) is 8. The van der Waals surface area contributed by atoms with Crippen molar-refractivity contribution in [2.75, 3.05) is 5.75 Å². The molecule has 0 radical (unpaired) electrons. The van der Waals surface area contributed by atoms with Crippen LogP contribution < -0.4 is 0 Å². The van der Waals surface area contributed by atoms with Gasteiger partial charge in [0, 0.05) is 24.0 Å². The normalized spacial score (nSPS) is 37.9. The van der Waals surface area contributed by atoms with Crippen molar-refractivity contribution in [2.45, 2.75) is 69.8 Å². The molecule has 9 heteroatoms. The van der Waals surface area contributed by atoms with E-state index in [0.29, 0.717) is 32.1 Å². The molecule has 8 nitrogen and oxygen atoms in total. The Morgan fingerprint density at radius 3 is 2.38 bits per heavy atom. The summed E-state index contributed by atoms with van der Waals surface area (Å²) in [7, 11) is 0. The number of carbonyl (C=O) groups is 4. The second kappa shape index (κ2) is 12.3. The van der Waals surface area contributed by atoms with Crippen molar-refractivity contribution in [1.29, 1.82) is 0 Å². The molecular formula is C31H38O8S. The average molecular weight is 571 g/mol. The van der Waals surface area contributed by atoms with Crippen LogP contribution in [0.1, 0.15) is 52.9 Å². The van der Waals surface area contributed by atoms with Crippen LogP contribution in [0, 0.1) is 29.6 Å². The fraction of sp³-hybridized carbons (Fsp3) is 0.548. The maximum absolute atomic E-state index is 14.0. The summed E-state index contributed by atoms with van der Waals surface area (Å²) >= 11 is 1.11. The topological polar surface area (TPSA) is 138 Å². The zero-order chi connectivity index (χ0) is 29.2. The minimum atomic E-state index is -1.56. The number of Topliss-reactive ketones (excluding diaryl/α,β-unsaturated/α-hetero) is 2. The van der Waals surface area contributed by atoms with Crippen LogP contribution in [-0.2, 0) is 23.9 Å². The van der Waals surface area contributed by atoms with Crippen LogP contribution in [-0.4, -0.2) is 61.5 Å². The zero-order valence-electron chi connectivity index (χ0n) is 23.1. The van der Waals surface area contributed by atoms with E-state index in [1.807, 2.05) is 63.3 Å². The standard InChI is InChI=1S/C31H38O8S/c1-17-10-8-9-13-21(32)12-7-5-4-6-11-20-14-18(2)19(3)15-31(20)28(35)24(30(38)39-31)25(33)22-16-40-27(23(17)22)26(34)29(36)37/h4-9,14,17,19-23,27,32,35H,10-13,15-16H2,1-3H3,(H,36,37)/b6-4?,7-5-,9-8?. The largest absolute Gasteiger partial charge is 0.507 e. The molecule has 1 fully saturated rings. The predicted octanol–water partition coefficient (Wildman–Crippen LogP) is 4.51. The van der Waals surface area contributed by atoms with Gasteiger partial charge in [-0.15, -0.1) is 11.8 Å². The van der Waals surface area contributed by atoms with Gasteiger partial charge in [-0.3, -0.25) is 9.59 Å². The van der Waals surface area contributed by atoms with Crippen molar-refractivity contribution in [1.82, 2.24) is 0 Å². The number of fused-ring (bicyclic) bond motifs is 1. The Balaban J connectivity index is 1.79. The monoisotopic (exact) mass is 570 g/mol. The van der Waals surface area contributed by atoms with Gasteiger partial charge in [0.2, 0.25) is 0 Å². The lowest BCUT2D eigenvalue weighted by atomic mass is 9.69. The number of allylic oxidation sites excluding steroid dienone is 5. The zero-order valence-corrected chi connectivity index (χ0v) is 23.9. The molecule has 1 saturated heterocycles. The van der Waals surface area contributed by atoms with Gasteiger partial charge in [-0.25, -0.2) is 9.59 Å². The lowest BCUT2D eigenvalue weighted by molar-refractivity contribution is -0.154. The van der Waals surface area contributed by atoms with Crippen molar-refractivity contribution in [3.63, 3.8) is 0 Å². The highest BCUT2D eigenvalue weighted by Gasteiger charge is 2.58. The minimum absolute atomic E-state index is 0.00628. The number of thioether (sulfide) groups is 1. The van der Waals surface area contributed by atoms with E-state index < -0.39 is 58.2 Å². The van der Waals surface area contributed by atoms with E-state index in [2.05, 4.69) is 0 Å². The van der Waals surface area contributed by atoms with E-state index >= 15 is 0 Å². The van der Waals surface area contributed by atoms with Gasteiger partial charge in [0.25, 0.3) is 5.78 Å². The summed E-state index contributed by atoms with van der Waals surface area (Å²) in [5.41, 5.74) is -0.648. The Hall–Kier alpha value is -2.91. The van der Waals surface area contributed by atoms with Crippen LogP contribution in [0.5, 0.6) is 0 Å². The molecule has 2 bridgehead atoms. The van der Waals surface area contributed by atoms with E-state index in [1.165, 1.54) is 0 Å². The number of rotatable bonds is 2. The number of esters is 1. The number of carbonyl (C=O) groups excluding carboxylic acids is 3. The van der Waals surface area contributed by atoms with Gasteiger partial charge in [-0.2, -0.15) is 0 Å². The first-order chi connectivity index (χ1) is 19.0. The van der Waals surface area contributed by atoms with Crippen LogP contribution in [0.25, 0.3) is 0 Å². The molecule has 3 N–H and O–H groups in total. The first-order valence-corrected chi connectivity index (χ1v) is 15.0. The Labute approximate surface area is 238 Å². The first kappa shape index (κ1) is 30.1. The highest BCUT2D eigenvalue weighted by molar-refractivity contribution is 8.01. The second-order valence-corrected chi connectivity index (χ2v) is 12.7. The lowest BCUT2D eigenvalue weighted by Gasteiger charge is -2.40. The van der Waals surface area contributed by atoms with E-state index in [1.54, 1.807) is 0 Å². The van der Waals surface area contributed by atoms with E-state index in [4.69, 9.17) is 4.74 Å².